The summed E-state index contributed by atoms with van der Waals surface area (Å²) in [6.45, 7) is 4.01. The number of halogens is 1. The lowest BCUT2D eigenvalue weighted by Gasteiger charge is -2.37. The Balaban J connectivity index is 1.56. The van der Waals surface area contributed by atoms with Crippen molar-refractivity contribution in [2.24, 2.45) is 11.1 Å². The van der Waals surface area contributed by atoms with Crippen LogP contribution in [0.25, 0.3) is 0 Å². The molecule has 128 valence electrons. The van der Waals surface area contributed by atoms with Gasteiger partial charge in [-0.15, -0.1) is 4.91 Å². The number of aromatic nitrogens is 1. The van der Waals surface area contributed by atoms with Crippen molar-refractivity contribution in [1.29, 1.82) is 0 Å². The average Bonchev–Trinajstić information content (AvgIpc) is 3.03. The maximum Gasteiger partial charge on any atom is 0.167 e. The number of nitrogens with zero attached hydrogens (tertiary/aromatic N) is 3. The third kappa shape index (κ3) is 4.11. The second-order valence-electron chi connectivity index (χ2n) is 6.51. The van der Waals surface area contributed by atoms with Crippen LogP contribution in [0.1, 0.15) is 37.1 Å². The second-order valence-corrected chi connectivity index (χ2v) is 7.32. The molecule has 0 saturated carbocycles. The summed E-state index contributed by atoms with van der Waals surface area (Å²) < 4.78 is 5.81. The summed E-state index contributed by atoms with van der Waals surface area (Å²) in [6.07, 6.45) is 3.42. The van der Waals surface area contributed by atoms with Crippen molar-refractivity contribution in [1.82, 2.24) is 10.1 Å². The van der Waals surface area contributed by atoms with Crippen LogP contribution in [0.3, 0.4) is 0 Å². The van der Waals surface area contributed by atoms with Crippen LogP contribution in [0.5, 0.6) is 0 Å². The summed E-state index contributed by atoms with van der Waals surface area (Å²) >= 11 is 3.25. The average molecular weight is 392 g/mol. The molecule has 2 unspecified atom stereocenters. The zero-order valence-corrected chi connectivity index (χ0v) is 15.4. The molecule has 0 bridgehead atoms. The third-order valence-electron chi connectivity index (χ3n) is 4.95. The highest BCUT2D eigenvalue weighted by Gasteiger charge is 2.31. The van der Waals surface area contributed by atoms with Crippen LogP contribution in [0, 0.1) is 10.8 Å². The van der Waals surface area contributed by atoms with Crippen molar-refractivity contribution in [2.45, 2.75) is 38.3 Å². The lowest BCUT2D eigenvalue weighted by atomic mass is 9.89. The van der Waals surface area contributed by atoms with E-state index in [2.05, 4.69) is 61.5 Å². The molecule has 1 fully saturated rings. The van der Waals surface area contributed by atoms with Gasteiger partial charge in [0.15, 0.2) is 11.8 Å². The van der Waals surface area contributed by atoms with Gasteiger partial charge < -0.3 is 4.52 Å². The maximum absolute atomic E-state index is 11.3. The molecule has 2 heterocycles. The number of hydrogen-bond donors (Lipinski definition) is 0. The van der Waals surface area contributed by atoms with Crippen LogP contribution in [0.4, 0.5) is 0 Å². The van der Waals surface area contributed by atoms with Gasteiger partial charge in [0.1, 0.15) is 4.60 Å². The van der Waals surface area contributed by atoms with Gasteiger partial charge in [-0.05, 0) is 66.7 Å². The quantitative estimate of drug-likeness (QED) is 0.675. The molecule has 5 nitrogen and oxygen atoms in total. The van der Waals surface area contributed by atoms with Crippen molar-refractivity contribution < 1.29 is 4.52 Å². The molecule has 2 atom stereocenters. The molecule has 0 amide bonds. The molecule has 6 heteroatoms. The minimum Gasteiger partial charge on any atom is -0.358 e. The molecular weight excluding hydrogens is 370 g/mol. The van der Waals surface area contributed by atoms with E-state index in [0.717, 1.165) is 32.4 Å². The van der Waals surface area contributed by atoms with Gasteiger partial charge in [-0.2, -0.15) is 0 Å². The lowest BCUT2D eigenvalue weighted by Crippen LogP contribution is -2.42. The Morgan fingerprint density at radius 3 is 2.62 bits per heavy atom. The maximum atomic E-state index is 11.3. The SMILES string of the molecule is CC(C(N=O)c1cc(Br)no1)N1CCC(Cc2ccccc2)CC1. The first kappa shape index (κ1) is 17.3. The first-order valence-corrected chi connectivity index (χ1v) is 9.19. The highest BCUT2D eigenvalue weighted by Crippen LogP contribution is 2.30. The lowest BCUT2D eigenvalue weighted by molar-refractivity contribution is 0.118. The second kappa shape index (κ2) is 8.03. The number of nitroso groups, excluding NO2 is 1. The van der Waals surface area contributed by atoms with Crippen LogP contribution in [-0.2, 0) is 6.42 Å². The number of hydrogen-bond acceptors (Lipinski definition) is 5. The van der Waals surface area contributed by atoms with Crippen LogP contribution in [0.15, 0.2) is 50.7 Å². The zero-order chi connectivity index (χ0) is 16.9. The monoisotopic (exact) mass is 391 g/mol. The van der Waals surface area contributed by atoms with Crippen LogP contribution >= 0.6 is 15.9 Å². The Kier molecular flexibility index (Phi) is 5.79. The van der Waals surface area contributed by atoms with Gasteiger partial charge in [-0.1, -0.05) is 40.7 Å². The van der Waals surface area contributed by atoms with Gasteiger partial charge in [0.25, 0.3) is 0 Å². The van der Waals surface area contributed by atoms with Gasteiger partial charge in [0.05, 0.1) is 0 Å². The van der Waals surface area contributed by atoms with Crippen molar-refractivity contribution in [2.75, 3.05) is 13.1 Å². The van der Waals surface area contributed by atoms with Crippen molar-refractivity contribution >= 4 is 15.9 Å². The molecule has 1 aliphatic heterocycles. The Hall–Kier alpha value is -1.53. The molecule has 0 radical (unpaired) electrons. The number of rotatable bonds is 6. The van der Waals surface area contributed by atoms with Gasteiger partial charge in [-0.3, -0.25) is 4.90 Å². The molecular formula is C18H22BrN3O2. The van der Waals surface area contributed by atoms with E-state index < -0.39 is 6.04 Å². The van der Waals surface area contributed by atoms with Crippen molar-refractivity contribution in [3.8, 4) is 0 Å². The van der Waals surface area contributed by atoms with Crippen molar-refractivity contribution in [3.63, 3.8) is 0 Å². The Bertz CT molecular complexity index is 653. The van der Waals surface area contributed by atoms with Gasteiger partial charge in [0, 0.05) is 12.1 Å². The molecule has 0 spiro atoms. The fraction of sp³-hybridized carbons (Fsp3) is 0.500. The summed E-state index contributed by atoms with van der Waals surface area (Å²) in [5.41, 5.74) is 1.41. The van der Waals surface area contributed by atoms with E-state index in [1.54, 1.807) is 6.07 Å². The normalized spacial score (nSPS) is 19.1. The molecule has 0 N–H and O–H groups in total. The van der Waals surface area contributed by atoms with Crippen LogP contribution in [0.2, 0.25) is 0 Å². The van der Waals surface area contributed by atoms with Gasteiger partial charge >= 0.3 is 0 Å². The van der Waals surface area contributed by atoms with E-state index in [4.69, 9.17) is 4.52 Å². The third-order valence-corrected chi connectivity index (χ3v) is 5.33. The van der Waals surface area contributed by atoms with E-state index in [-0.39, 0.29) is 6.04 Å². The molecule has 1 aromatic carbocycles. The number of piperidine rings is 1. The Morgan fingerprint density at radius 1 is 1.33 bits per heavy atom. The summed E-state index contributed by atoms with van der Waals surface area (Å²) in [4.78, 5) is 13.7. The molecule has 1 saturated heterocycles. The van der Waals surface area contributed by atoms with E-state index in [9.17, 15) is 4.91 Å². The first-order valence-electron chi connectivity index (χ1n) is 8.40. The summed E-state index contributed by atoms with van der Waals surface area (Å²) in [6, 6.07) is 11.9. The molecule has 1 aliphatic rings. The van der Waals surface area contributed by atoms with Gasteiger partial charge in [0.2, 0.25) is 0 Å². The highest BCUT2D eigenvalue weighted by atomic mass is 79.9. The minimum absolute atomic E-state index is 0.0139. The zero-order valence-electron chi connectivity index (χ0n) is 13.8. The topological polar surface area (TPSA) is 58.7 Å². The molecule has 1 aromatic heterocycles. The molecule has 3 rings (SSSR count). The predicted octanol–water partition coefficient (Wildman–Crippen LogP) is 4.59. The molecule has 2 aromatic rings. The predicted molar refractivity (Wildman–Crippen MR) is 96.6 cm³/mol. The van der Waals surface area contributed by atoms with Crippen LogP contribution < -0.4 is 0 Å². The number of likely N-dealkylation sites (tertiary alicyclic amines) is 1. The minimum atomic E-state index is -0.519. The number of benzene rings is 1. The summed E-state index contributed by atoms with van der Waals surface area (Å²) in [7, 11) is 0. The largest absolute Gasteiger partial charge is 0.358 e. The fourth-order valence-electron chi connectivity index (χ4n) is 3.49. The van der Waals surface area contributed by atoms with E-state index in [0.29, 0.717) is 16.3 Å². The highest BCUT2D eigenvalue weighted by molar-refractivity contribution is 9.10. The Labute approximate surface area is 150 Å². The van der Waals surface area contributed by atoms with Crippen molar-refractivity contribution in [3.05, 3.63) is 57.2 Å². The smallest absolute Gasteiger partial charge is 0.167 e. The van der Waals surface area contributed by atoms with E-state index in [1.807, 2.05) is 6.92 Å². The van der Waals surface area contributed by atoms with Gasteiger partial charge in [-0.25, -0.2) is 0 Å². The Morgan fingerprint density at radius 2 is 2.04 bits per heavy atom. The fourth-order valence-corrected chi connectivity index (χ4v) is 3.79. The summed E-state index contributed by atoms with van der Waals surface area (Å²) in [5.74, 6) is 1.23. The van der Waals surface area contributed by atoms with E-state index >= 15 is 0 Å². The molecule has 0 aliphatic carbocycles. The summed E-state index contributed by atoms with van der Waals surface area (Å²) in [5, 5.41) is 7.08. The molecule has 24 heavy (non-hydrogen) atoms. The standard InChI is InChI=1S/C18H22BrN3O2/c1-13(18(20-23)16-12-17(19)21-24-16)22-9-7-15(8-10-22)11-14-5-3-2-4-6-14/h2-6,12-13,15,18H,7-11H2,1H3. The van der Waals surface area contributed by atoms with E-state index in [1.165, 1.54) is 5.56 Å². The first-order chi connectivity index (χ1) is 11.7. The van der Waals surface area contributed by atoms with Crippen LogP contribution in [-0.4, -0.2) is 29.2 Å².